The monoisotopic (exact) mass is 404 g/mol. The zero-order chi connectivity index (χ0) is 20.7. The molecule has 1 aliphatic rings. The molecule has 0 amide bonds. The number of hydrogen-bond acceptors (Lipinski definition) is 6. The Hall–Kier alpha value is -3.12. The van der Waals surface area contributed by atoms with Crippen LogP contribution in [0.15, 0.2) is 56.1 Å². The van der Waals surface area contributed by atoms with Crippen LogP contribution in [0.25, 0.3) is 22.1 Å². The number of hydrogen-bond donors (Lipinski definition) is 1. The fourth-order valence-electron chi connectivity index (χ4n) is 4.43. The van der Waals surface area contributed by atoms with Crippen LogP contribution in [0.5, 0.6) is 5.75 Å². The third-order valence-electron chi connectivity index (χ3n) is 5.97. The molecule has 0 saturated carbocycles. The fourth-order valence-corrected chi connectivity index (χ4v) is 4.43. The number of piperidine rings is 1. The molecule has 6 heteroatoms. The molecule has 0 aliphatic carbocycles. The Morgan fingerprint density at radius 2 is 2.00 bits per heavy atom. The summed E-state index contributed by atoms with van der Waals surface area (Å²) >= 11 is 0. The first kappa shape index (κ1) is 18.9. The van der Waals surface area contributed by atoms with E-state index in [0.29, 0.717) is 18.5 Å². The lowest BCUT2D eigenvalue weighted by Crippen LogP contribution is -2.34. The van der Waals surface area contributed by atoms with Crippen LogP contribution < -0.4 is 5.63 Å². The van der Waals surface area contributed by atoms with E-state index < -0.39 is 5.63 Å². The van der Waals surface area contributed by atoms with E-state index in [-0.39, 0.29) is 11.7 Å². The number of nitrogens with zero attached hydrogens (tertiary/aromatic N) is 2. The molecule has 0 bridgehead atoms. The molecule has 1 fully saturated rings. The molecule has 1 N–H and O–H groups in total. The quantitative estimate of drug-likeness (QED) is 0.502. The normalized spacial score (nSPS) is 17.7. The Labute approximate surface area is 173 Å². The van der Waals surface area contributed by atoms with E-state index in [4.69, 9.17) is 8.83 Å². The molecule has 154 valence electrons. The average molecular weight is 404 g/mol. The molecule has 1 aliphatic heterocycles. The van der Waals surface area contributed by atoms with E-state index in [1.807, 2.05) is 37.3 Å². The van der Waals surface area contributed by atoms with Crippen LogP contribution in [0.4, 0.5) is 0 Å². The van der Waals surface area contributed by atoms with Gasteiger partial charge in [-0.25, -0.2) is 9.78 Å². The molecule has 3 heterocycles. The van der Waals surface area contributed by atoms with E-state index >= 15 is 0 Å². The molecular weight excluding hydrogens is 380 g/mol. The average Bonchev–Trinajstić information content (AvgIpc) is 3.18. The highest BCUT2D eigenvalue weighted by Gasteiger charge is 2.26. The van der Waals surface area contributed by atoms with Crippen molar-refractivity contribution in [3.05, 3.63) is 69.9 Å². The summed E-state index contributed by atoms with van der Waals surface area (Å²) in [7, 11) is 0. The number of phenols is 1. The maximum Gasteiger partial charge on any atom is 0.336 e. The van der Waals surface area contributed by atoms with Crippen molar-refractivity contribution in [1.82, 2.24) is 9.88 Å². The highest BCUT2D eigenvalue weighted by atomic mass is 16.4. The van der Waals surface area contributed by atoms with Crippen LogP contribution in [0.3, 0.4) is 0 Å². The summed E-state index contributed by atoms with van der Waals surface area (Å²) in [5, 5.41) is 11.0. The van der Waals surface area contributed by atoms with Crippen LogP contribution in [0.1, 0.15) is 42.7 Å². The van der Waals surface area contributed by atoms with Gasteiger partial charge in [0.15, 0.2) is 11.5 Å². The van der Waals surface area contributed by atoms with E-state index in [9.17, 15) is 9.90 Å². The second-order valence-electron chi connectivity index (χ2n) is 8.02. The molecule has 1 unspecified atom stereocenters. The van der Waals surface area contributed by atoms with Gasteiger partial charge in [-0.05, 0) is 55.1 Å². The topological polar surface area (TPSA) is 79.7 Å². The van der Waals surface area contributed by atoms with Crippen LogP contribution in [0.2, 0.25) is 0 Å². The van der Waals surface area contributed by atoms with Crippen molar-refractivity contribution >= 4 is 22.1 Å². The number of rotatable bonds is 4. The summed E-state index contributed by atoms with van der Waals surface area (Å²) in [5.41, 5.74) is 3.52. The first-order valence-corrected chi connectivity index (χ1v) is 10.5. The number of aryl methyl sites for hydroxylation is 1. The molecule has 6 nitrogen and oxygen atoms in total. The Balaban J connectivity index is 1.43. The number of likely N-dealkylation sites (tertiary alicyclic amines) is 1. The van der Waals surface area contributed by atoms with Gasteiger partial charge in [-0.1, -0.05) is 19.1 Å². The first-order chi connectivity index (χ1) is 14.6. The number of aromatic nitrogens is 1. The molecule has 2 aromatic heterocycles. The summed E-state index contributed by atoms with van der Waals surface area (Å²) in [6.07, 6.45) is 2.79. The van der Waals surface area contributed by atoms with Gasteiger partial charge in [-0.15, -0.1) is 0 Å². The smallest absolute Gasteiger partial charge is 0.336 e. The summed E-state index contributed by atoms with van der Waals surface area (Å²) in [6.45, 7) is 4.42. The SMILES string of the molecule is CCc1cc2c(CN3CCCC(c4nc5ccccc5o4)C3)cc(=O)oc2cc1O. The van der Waals surface area contributed by atoms with Gasteiger partial charge in [0.25, 0.3) is 0 Å². The van der Waals surface area contributed by atoms with Crippen molar-refractivity contribution in [2.75, 3.05) is 13.1 Å². The fraction of sp³-hybridized carbons (Fsp3) is 0.333. The molecule has 0 radical (unpaired) electrons. The van der Waals surface area contributed by atoms with Crippen molar-refractivity contribution in [2.24, 2.45) is 0 Å². The number of oxazole rings is 1. The van der Waals surface area contributed by atoms with Gasteiger partial charge in [-0.2, -0.15) is 0 Å². The van der Waals surface area contributed by atoms with Gasteiger partial charge in [-0.3, -0.25) is 4.90 Å². The van der Waals surface area contributed by atoms with Crippen molar-refractivity contribution in [3.63, 3.8) is 0 Å². The lowest BCUT2D eigenvalue weighted by atomic mass is 9.97. The third-order valence-corrected chi connectivity index (χ3v) is 5.97. The van der Waals surface area contributed by atoms with Crippen molar-refractivity contribution in [3.8, 4) is 5.75 Å². The van der Waals surface area contributed by atoms with Crippen LogP contribution in [-0.4, -0.2) is 28.1 Å². The number of aromatic hydroxyl groups is 1. The number of benzene rings is 2. The van der Waals surface area contributed by atoms with Crippen molar-refractivity contribution in [2.45, 2.75) is 38.6 Å². The maximum absolute atomic E-state index is 12.1. The van der Waals surface area contributed by atoms with Crippen LogP contribution in [-0.2, 0) is 13.0 Å². The van der Waals surface area contributed by atoms with Gasteiger partial charge < -0.3 is 13.9 Å². The minimum atomic E-state index is -0.395. The summed E-state index contributed by atoms with van der Waals surface area (Å²) < 4.78 is 11.3. The maximum atomic E-state index is 12.1. The molecule has 5 rings (SSSR count). The Bertz CT molecular complexity index is 1240. The van der Waals surface area contributed by atoms with Gasteiger partial charge in [0, 0.05) is 36.5 Å². The zero-order valence-corrected chi connectivity index (χ0v) is 16.9. The highest BCUT2D eigenvalue weighted by Crippen LogP contribution is 2.31. The Morgan fingerprint density at radius 3 is 2.83 bits per heavy atom. The third kappa shape index (κ3) is 3.48. The first-order valence-electron chi connectivity index (χ1n) is 10.5. The number of phenolic OH excluding ortho intramolecular Hbond substituents is 1. The molecular formula is C24H24N2O4. The van der Waals surface area contributed by atoms with E-state index in [0.717, 1.165) is 59.4 Å². The lowest BCUT2D eigenvalue weighted by Gasteiger charge is -2.31. The van der Waals surface area contributed by atoms with Crippen LogP contribution in [0, 0.1) is 0 Å². The van der Waals surface area contributed by atoms with Crippen LogP contribution >= 0.6 is 0 Å². The van der Waals surface area contributed by atoms with E-state index in [2.05, 4.69) is 9.88 Å². The second-order valence-corrected chi connectivity index (χ2v) is 8.02. The van der Waals surface area contributed by atoms with Gasteiger partial charge in [0.1, 0.15) is 16.8 Å². The Kier molecular flexibility index (Phi) is 4.79. The summed E-state index contributed by atoms with van der Waals surface area (Å²) in [5.74, 6) is 1.18. The second kappa shape index (κ2) is 7.61. The molecule has 4 aromatic rings. The zero-order valence-electron chi connectivity index (χ0n) is 16.9. The predicted octanol–water partition coefficient (Wildman–Crippen LogP) is 4.58. The molecule has 1 saturated heterocycles. The highest BCUT2D eigenvalue weighted by molar-refractivity contribution is 5.82. The predicted molar refractivity (Wildman–Crippen MR) is 115 cm³/mol. The number of fused-ring (bicyclic) bond motifs is 2. The summed E-state index contributed by atoms with van der Waals surface area (Å²) in [4.78, 5) is 19.1. The Morgan fingerprint density at radius 1 is 1.13 bits per heavy atom. The minimum Gasteiger partial charge on any atom is -0.508 e. The van der Waals surface area contributed by atoms with Gasteiger partial charge in [0.05, 0.1) is 0 Å². The van der Waals surface area contributed by atoms with E-state index in [1.165, 1.54) is 0 Å². The molecule has 2 aromatic carbocycles. The van der Waals surface area contributed by atoms with Crippen molar-refractivity contribution in [1.29, 1.82) is 0 Å². The largest absolute Gasteiger partial charge is 0.508 e. The summed E-state index contributed by atoms with van der Waals surface area (Å²) in [6, 6.07) is 12.9. The van der Waals surface area contributed by atoms with Gasteiger partial charge in [0.2, 0.25) is 0 Å². The standard InChI is InChI=1S/C24H24N2O4/c1-2-15-10-18-17(11-23(28)29-22(18)12-20(15)27)14-26-9-5-6-16(13-26)24-25-19-7-3-4-8-21(19)30-24/h3-4,7-8,10-12,16,27H,2,5-6,9,13-14H2,1H3. The van der Waals surface area contributed by atoms with Gasteiger partial charge >= 0.3 is 5.63 Å². The van der Waals surface area contributed by atoms with Crippen molar-refractivity contribution < 1.29 is 13.9 Å². The van der Waals surface area contributed by atoms with E-state index in [1.54, 1.807) is 12.1 Å². The molecule has 30 heavy (non-hydrogen) atoms. The lowest BCUT2D eigenvalue weighted by molar-refractivity contribution is 0.187. The molecule has 0 spiro atoms. The minimum absolute atomic E-state index is 0.166. The molecule has 1 atom stereocenters. The number of para-hydroxylation sites is 2.